The van der Waals surface area contributed by atoms with Crippen molar-refractivity contribution in [3.8, 4) is 17.3 Å². The monoisotopic (exact) mass is 481 g/mol. The number of aromatic nitrogens is 3. The van der Waals surface area contributed by atoms with E-state index in [1.54, 1.807) is 7.11 Å². The molecule has 9 nitrogen and oxygen atoms in total. The summed E-state index contributed by atoms with van der Waals surface area (Å²) < 4.78 is 11.5. The minimum atomic E-state index is -0.410. The second kappa shape index (κ2) is 12.9. The highest BCUT2D eigenvalue weighted by atomic mass is 16.5. The second-order valence-electron chi connectivity index (χ2n) is 8.85. The molecule has 0 fully saturated rings. The first-order valence-electron chi connectivity index (χ1n) is 12.1. The lowest BCUT2D eigenvalue weighted by Gasteiger charge is -2.16. The summed E-state index contributed by atoms with van der Waals surface area (Å²) in [7, 11) is 5.41. The number of carbonyl (C=O) groups excluding carboxylic acids is 2. The molecule has 2 heterocycles. The van der Waals surface area contributed by atoms with Crippen molar-refractivity contribution in [1.82, 2.24) is 25.4 Å². The van der Waals surface area contributed by atoms with Gasteiger partial charge in [0.15, 0.2) is 0 Å². The molecule has 2 aromatic heterocycles. The molecule has 0 spiro atoms. The molecule has 188 valence electrons. The predicted molar refractivity (Wildman–Crippen MR) is 134 cm³/mol. The summed E-state index contributed by atoms with van der Waals surface area (Å²) in [6, 6.07) is 9.22. The van der Waals surface area contributed by atoms with Crippen molar-refractivity contribution < 1.29 is 18.7 Å². The fraction of sp³-hybridized carbons (Fsp3) is 0.500. The van der Waals surface area contributed by atoms with Crippen molar-refractivity contribution in [1.29, 1.82) is 0 Å². The minimum absolute atomic E-state index is 0.0745. The molecule has 0 saturated carbocycles. The van der Waals surface area contributed by atoms with E-state index in [2.05, 4.69) is 20.5 Å². The van der Waals surface area contributed by atoms with Crippen LogP contribution in [0.2, 0.25) is 0 Å². The van der Waals surface area contributed by atoms with Crippen molar-refractivity contribution in [2.75, 3.05) is 27.7 Å². The number of nitrogens with one attached hydrogen (secondary N) is 1. The summed E-state index contributed by atoms with van der Waals surface area (Å²) in [5.74, 6) is 1.23. The van der Waals surface area contributed by atoms with Crippen molar-refractivity contribution >= 4 is 22.6 Å². The third-order valence-electron chi connectivity index (χ3n) is 5.82. The summed E-state index contributed by atoms with van der Waals surface area (Å²) in [5, 5.41) is 12.5. The van der Waals surface area contributed by atoms with Crippen LogP contribution in [0.25, 0.3) is 22.4 Å². The number of Topliss-reactive ketones (excluding diaryl/α,β-unsaturated/α-hetero) is 1. The lowest BCUT2D eigenvalue weighted by atomic mass is 10.0. The first-order chi connectivity index (χ1) is 16.9. The molecular weight excluding hydrogens is 446 g/mol. The Bertz CT molecular complexity index is 1130. The van der Waals surface area contributed by atoms with E-state index in [4.69, 9.17) is 9.15 Å². The molecule has 0 aliphatic heterocycles. The van der Waals surface area contributed by atoms with Crippen LogP contribution >= 0.6 is 0 Å². The van der Waals surface area contributed by atoms with Crippen LogP contribution in [0.3, 0.4) is 0 Å². The van der Waals surface area contributed by atoms with E-state index in [9.17, 15) is 9.59 Å². The maximum Gasteiger partial charge on any atom is 0.253 e. The van der Waals surface area contributed by atoms with Crippen LogP contribution in [0.1, 0.15) is 63.8 Å². The molecule has 3 aromatic rings. The van der Waals surface area contributed by atoms with Gasteiger partial charge in [0.25, 0.3) is 5.89 Å². The van der Waals surface area contributed by atoms with Gasteiger partial charge < -0.3 is 19.4 Å². The molecule has 0 bridgehead atoms. The zero-order chi connectivity index (χ0) is 25.2. The quantitative estimate of drug-likeness (QED) is 0.339. The minimum Gasteiger partial charge on any atom is -0.480 e. The summed E-state index contributed by atoms with van der Waals surface area (Å²) in [5.41, 5.74) is 1.40. The van der Waals surface area contributed by atoms with Gasteiger partial charge in [0.2, 0.25) is 17.7 Å². The van der Waals surface area contributed by atoms with E-state index in [0.29, 0.717) is 49.6 Å². The average Bonchev–Trinajstić information content (AvgIpc) is 3.35. The van der Waals surface area contributed by atoms with E-state index in [1.165, 1.54) is 0 Å². The first kappa shape index (κ1) is 26.3. The summed E-state index contributed by atoms with van der Waals surface area (Å²) in [6.45, 7) is 2.53. The van der Waals surface area contributed by atoms with Crippen LogP contribution in [0, 0.1) is 0 Å². The summed E-state index contributed by atoms with van der Waals surface area (Å²) >= 11 is 0. The molecule has 1 unspecified atom stereocenters. The van der Waals surface area contributed by atoms with Crippen LogP contribution < -0.4 is 10.1 Å². The molecule has 0 aliphatic rings. The molecular formula is C26H35N5O4. The third kappa shape index (κ3) is 7.58. The number of nitrogens with zero attached hydrogens (tertiary/aromatic N) is 4. The first-order valence-corrected chi connectivity index (χ1v) is 12.1. The lowest BCUT2D eigenvalue weighted by molar-refractivity contribution is -0.122. The number of ketones is 1. The number of benzene rings is 1. The number of pyridine rings is 1. The Labute approximate surface area is 206 Å². The van der Waals surface area contributed by atoms with Gasteiger partial charge in [-0.25, -0.2) is 4.98 Å². The number of hydrogen-bond acceptors (Lipinski definition) is 8. The van der Waals surface area contributed by atoms with Crippen molar-refractivity contribution in [2.24, 2.45) is 0 Å². The number of ether oxygens (including phenoxy) is 1. The maximum atomic E-state index is 12.6. The average molecular weight is 482 g/mol. The summed E-state index contributed by atoms with van der Waals surface area (Å²) in [4.78, 5) is 30.6. The number of methoxy groups -OCH3 is 1. The Morgan fingerprint density at radius 1 is 1.11 bits per heavy atom. The predicted octanol–water partition coefficient (Wildman–Crippen LogP) is 4.33. The van der Waals surface area contributed by atoms with E-state index in [0.717, 1.165) is 30.2 Å². The molecule has 9 heteroatoms. The highest BCUT2D eigenvalue weighted by molar-refractivity contribution is 5.84. The lowest BCUT2D eigenvalue weighted by Crippen LogP contribution is -2.31. The fourth-order valence-electron chi connectivity index (χ4n) is 3.76. The normalized spacial score (nSPS) is 12.1. The van der Waals surface area contributed by atoms with Gasteiger partial charge in [-0.15, -0.1) is 10.2 Å². The van der Waals surface area contributed by atoms with E-state index < -0.39 is 6.04 Å². The molecule has 1 aromatic carbocycles. The van der Waals surface area contributed by atoms with Crippen molar-refractivity contribution in [3.63, 3.8) is 0 Å². The Hall–Kier alpha value is -3.33. The number of rotatable bonds is 14. The van der Waals surface area contributed by atoms with Crippen LogP contribution in [-0.4, -0.2) is 59.5 Å². The third-order valence-corrected chi connectivity index (χ3v) is 5.82. The maximum absolute atomic E-state index is 12.6. The molecule has 35 heavy (non-hydrogen) atoms. The van der Waals surface area contributed by atoms with Gasteiger partial charge in [0, 0.05) is 31.2 Å². The van der Waals surface area contributed by atoms with E-state index in [1.807, 2.05) is 56.3 Å². The Morgan fingerprint density at radius 3 is 2.66 bits per heavy atom. The zero-order valence-corrected chi connectivity index (χ0v) is 21.0. The number of carbonyl (C=O) groups is 2. The number of para-hydroxylation sites is 1. The van der Waals surface area contributed by atoms with E-state index in [-0.39, 0.29) is 17.6 Å². The van der Waals surface area contributed by atoms with Crippen LogP contribution in [0.5, 0.6) is 5.88 Å². The highest BCUT2D eigenvalue weighted by Gasteiger charge is 2.23. The van der Waals surface area contributed by atoms with Gasteiger partial charge in [-0.05, 0) is 39.1 Å². The molecule has 0 aliphatic carbocycles. The van der Waals surface area contributed by atoms with E-state index >= 15 is 0 Å². The molecule has 0 radical (unpaired) electrons. The largest absolute Gasteiger partial charge is 0.480 e. The highest BCUT2D eigenvalue weighted by Crippen LogP contribution is 2.32. The van der Waals surface area contributed by atoms with Gasteiger partial charge in [0.05, 0.1) is 12.6 Å². The van der Waals surface area contributed by atoms with Gasteiger partial charge in [-0.1, -0.05) is 38.0 Å². The number of hydrogen-bond donors (Lipinski definition) is 1. The number of fused-ring (bicyclic) bond motifs is 1. The fourth-order valence-corrected chi connectivity index (χ4v) is 3.76. The Kier molecular flexibility index (Phi) is 9.72. The molecule has 3 rings (SSSR count). The van der Waals surface area contributed by atoms with Crippen molar-refractivity contribution in [3.05, 3.63) is 36.2 Å². The molecule has 0 saturated heterocycles. The van der Waals surface area contributed by atoms with Crippen LogP contribution in [0.4, 0.5) is 0 Å². The summed E-state index contributed by atoms with van der Waals surface area (Å²) in [6.07, 6.45) is 4.73. The topological polar surface area (TPSA) is 110 Å². The SMILES string of the molecule is CCC(=O)CCCCCC(NC(=O)CCN(C)C)c1nnc(-c2cc3ccccc3nc2OC)o1. The second-order valence-corrected chi connectivity index (χ2v) is 8.85. The Balaban J connectivity index is 1.77. The zero-order valence-electron chi connectivity index (χ0n) is 21.0. The number of unbranched alkanes of at least 4 members (excludes halogenated alkanes) is 2. The number of amides is 1. The molecule has 1 atom stereocenters. The molecule has 1 amide bonds. The Morgan fingerprint density at radius 2 is 1.91 bits per heavy atom. The van der Waals surface area contributed by atoms with Crippen LogP contribution in [-0.2, 0) is 9.59 Å². The van der Waals surface area contributed by atoms with Gasteiger partial charge in [0.1, 0.15) is 17.4 Å². The van der Waals surface area contributed by atoms with Gasteiger partial charge in [-0.3, -0.25) is 9.59 Å². The van der Waals surface area contributed by atoms with Crippen LogP contribution in [0.15, 0.2) is 34.7 Å². The molecule has 1 N–H and O–H groups in total. The standard InChI is InChI=1S/C26H35N5O4/c1-5-19(32)12-7-6-8-14-22(27-23(33)15-16-31(2)3)26-30-29-25(35-26)20-17-18-11-9-10-13-21(18)28-24(20)34-4/h9-11,13,17,22H,5-8,12,14-16H2,1-4H3,(H,27,33). The van der Waals surface area contributed by atoms with Crippen molar-refractivity contribution in [2.45, 2.75) is 57.9 Å². The van der Waals surface area contributed by atoms with Gasteiger partial charge >= 0.3 is 0 Å². The smallest absolute Gasteiger partial charge is 0.253 e. The van der Waals surface area contributed by atoms with Gasteiger partial charge in [-0.2, -0.15) is 0 Å².